The molecular formula is C26H32N4O. The lowest BCUT2D eigenvalue weighted by atomic mass is 9.96. The second kappa shape index (κ2) is 9.92. The number of imidazole rings is 1. The van der Waals surface area contributed by atoms with Crippen molar-refractivity contribution in [2.24, 2.45) is 5.92 Å². The van der Waals surface area contributed by atoms with Gasteiger partial charge in [0.05, 0.1) is 5.92 Å². The van der Waals surface area contributed by atoms with E-state index in [1.54, 1.807) is 0 Å². The van der Waals surface area contributed by atoms with E-state index >= 15 is 0 Å². The number of likely N-dealkylation sites (tertiary alicyclic amines) is 1. The Labute approximate surface area is 185 Å². The van der Waals surface area contributed by atoms with Crippen LogP contribution in [0.5, 0.6) is 0 Å². The molecule has 5 nitrogen and oxygen atoms in total. The maximum Gasteiger partial charge on any atom is 0.224 e. The van der Waals surface area contributed by atoms with Crippen molar-refractivity contribution in [3.05, 3.63) is 89.0 Å². The highest BCUT2D eigenvalue weighted by atomic mass is 16.1. The number of carbonyl (C=O) groups is 1. The van der Waals surface area contributed by atoms with Gasteiger partial charge in [0.15, 0.2) is 0 Å². The van der Waals surface area contributed by atoms with Crippen LogP contribution in [0.2, 0.25) is 0 Å². The second-order valence-electron chi connectivity index (χ2n) is 8.70. The smallest absolute Gasteiger partial charge is 0.224 e. The first-order chi connectivity index (χ1) is 15.1. The van der Waals surface area contributed by atoms with E-state index in [2.05, 4.69) is 75.2 Å². The van der Waals surface area contributed by atoms with Gasteiger partial charge in [0, 0.05) is 38.6 Å². The van der Waals surface area contributed by atoms with Gasteiger partial charge in [-0.2, -0.15) is 0 Å². The van der Waals surface area contributed by atoms with Crippen molar-refractivity contribution in [1.82, 2.24) is 19.8 Å². The average Bonchev–Trinajstić information content (AvgIpc) is 3.18. The standard InChI is InChI=1S/C26H32N4O/c1-20-8-10-22(11-9-20)17-29-13-4-7-25(19-29)26(31)28-16-23-5-3-6-24(15-23)18-30-14-12-27-21(30)2/h3,5-6,8-12,14-15,25H,4,7,13,16-19H2,1-2H3,(H,28,31). The van der Waals surface area contributed by atoms with Crippen molar-refractivity contribution in [2.75, 3.05) is 13.1 Å². The molecule has 1 saturated heterocycles. The van der Waals surface area contributed by atoms with Gasteiger partial charge in [-0.1, -0.05) is 54.1 Å². The van der Waals surface area contributed by atoms with Gasteiger partial charge in [0.25, 0.3) is 0 Å². The molecule has 1 aromatic heterocycles. The fraction of sp³-hybridized carbons (Fsp3) is 0.385. The Balaban J connectivity index is 1.29. The van der Waals surface area contributed by atoms with Crippen LogP contribution in [0.15, 0.2) is 60.9 Å². The molecule has 0 aliphatic carbocycles. The maximum atomic E-state index is 12.8. The van der Waals surface area contributed by atoms with Crippen molar-refractivity contribution in [3.8, 4) is 0 Å². The number of aryl methyl sites for hydroxylation is 2. The van der Waals surface area contributed by atoms with Gasteiger partial charge in [-0.05, 0) is 49.9 Å². The van der Waals surface area contributed by atoms with Gasteiger partial charge < -0.3 is 9.88 Å². The van der Waals surface area contributed by atoms with Crippen molar-refractivity contribution < 1.29 is 4.79 Å². The summed E-state index contributed by atoms with van der Waals surface area (Å²) in [7, 11) is 0. The first kappa shape index (κ1) is 21.3. The van der Waals surface area contributed by atoms with E-state index in [9.17, 15) is 4.79 Å². The number of carbonyl (C=O) groups excluding carboxylic acids is 1. The SMILES string of the molecule is Cc1ccc(CN2CCCC(C(=O)NCc3cccc(Cn4ccnc4C)c3)C2)cc1. The van der Waals surface area contributed by atoms with Crippen LogP contribution in [-0.2, 0) is 24.4 Å². The highest BCUT2D eigenvalue weighted by Crippen LogP contribution is 2.19. The number of nitrogens with zero attached hydrogens (tertiary/aromatic N) is 3. The minimum Gasteiger partial charge on any atom is -0.352 e. The Hall–Kier alpha value is -2.92. The predicted molar refractivity (Wildman–Crippen MR) is 124 cm³/mol. The van der Waals surface area contributed by atoms with E-state index in [0.29, 0.717) is 6.54 Å². The molecule has 0 bridgehead atoms. The number of rotatable bonds is 7. The molecule has 162 valence electrons. The van der Waals surface area contributed by atoms with Crippen molar-refractivity contribution in [2.45, 2.75) is 46.3 Å². The Morgan fingerprint density at radius 3 is 2.65 bits per heavy atom. The van der Waals surface area contributed by atoms with E-state index in [1.165, 1.54) is 16.7 Å². The largest absolute Gasteiger partial charge is 0.352 e. The number of nitrogens with one attached hydrogen (secondary N) is 1. The summed E-state index contributed by atoms with van der Waals surface area (Å²) in [6, 6.07) is 17.1. The van der Waals surface area contributed by atoms with Gasteiger partial charge in [-0.25, -0.2) is 4.98 Å². The van der Waals surface area contributed by atoms with Crippen molar-refractivity contribution >= 4 is 5.91 Å². The van der Waals surface area contributed by atoms with E-state index in [-0.39, 0.29) is 11.8 Å². The number of hydrogen-bond acceptors (Lipinski definition) is 3. The minimum absolute atomic E-state index is 0.0657. The molecule has 1 amide bonds. The topological polar surface area (TPSA) is 50.2 Å². The Morgan fingerprint density at radius 2 is 1.87 bits per heavy atom. The summed E-state index contributed by atoms with van der Waals surface area (Å²) in [6.45, 7) is 8.30. The van der Waals surface area contributed by atoms with Crippen LogP contribution in [0.25, 0.3) is 0 Å². The van der Waals surface area contributed by atoms with Crippen molar-refractivity contribution in [1.29, 1.82) is 0 Å². The third-order valence-electron chi connectivity index (χ3n) is 6.14. The molecule has 4 rings (SSSR count). The van der Waals surface area contributed by atoms with Gasteiger partial charge >= 0.3 is 0 Å². The quantitative estimate of drug-likeness (QED) is 0.631. The molecule has 5 heteroatoms. The summed E-state index contributed by atoms with van der Waals surface area (Å²) in [6.07, 6.45) is 5.86. The lowest BCUT2D eigenvalue weighted by Crippen LogP contribution is -2.42. The fourth-order valence-electron chi connectivity index (χ4n) is 4.30. The summed E-state index contributed by atoms with van der Waals surface area (Å²) in [5.74, 6) is 1.24. The Kier molecular flexibility index (Phi) is 6.82. The molecule has 1 fully saturated rings. The highest BCUT2D eigenvalue weighted by Gasteiger charge is 2.25. The highest BCUT2D eigenvalue weighted by molar-refractivity contribution is 5.79. The van der Waals surface area contributed by atoms with Crippen LogP contribution < -0.4 is 5.32 Å². The molecule has 1 unspecified atom stereocenters. The molecule has 1 aliphatic rings. The zero-order valence-electron chi connectivity index (χ0n) is 18.6. The third kappa shape index (κ3) is 5.82. The van der Waals surface area contributed by atoms with Crippen LogP contribution in [0, 0.1) is 19.8 Å². The van der Waals surface area contributed by atoms with E-state index in [1.807, 2.05) is 19.3 Å². The first-order valence-corrected chi connectivity index (χ1v) is 11.2. The third-order valence-corrected chi connectivity index (χ3v) is 6.14. The maximum absolute atomic E-state index is 12.8. The van der Waals surface area contributed by atoms with Crippen molar-refractivity contribution in [3.63, 3.8) is 0 Å². The zero-order valence-corrected chi connectivity index (χ0v) is 18.6. The number of benzene rings is 2. The Bertz CT molecular complexity index is 1010. The molecule has 0 radical (unpaired) electrons. The summed E-state index contributed by atoms with van der Waals surface area (Å²) in [5, 5.41) is 3.17. The molecule has 0 spiro atoms. The molecule has 1 N–H and O–H groups in total. The minimum atomic E-state index is 0.0657. The molecule has 3 aromatic rings. The molecule has 31 heavy (non-hydrogen) atoms. The molecule has 1 atom stereocenters. The summed E-state index contributed by atoms with van der Waals surface area (Å²) >= 11 is 0. The summed E-state index contributed by atoms with van der Waals surface area (Å²) < 4.78 is 2.13. The first-order valence-electron chi connectivity index (χ1n) is 11.2. The molecule has 0 saturated carbocycles. The van der Waals surface area contributed by atoms with Gasteiger partial charge in [0.1, 0.15) is 5.82 Å². The van der Waals surface area contributed by atoms with Crippen LogP contribution in [-0.4, -0.2) is 33.4 Å². The summed E-state index contributed by atoms with van der Waals surface area (Å²) in [5.41, 5.74) is 4.95. The molecule has 2 aromatic carbocycles. The molecule has 1 aliphatic heterocycles. The monoisotopic (exact) mass is 416 g/mol. The van der Waals surface area contributed by atoms with Crippen LogP contribution in [0.4, 0.5) is 0 Å². The molecular weight excluding hydrogens is 384 g/mol. The molecule has 2 heterocycles. The van der Waals surface area contributed by atoms with Gasteiger partial charge in [-0.3, -0.25) is 9.69 Å². The van der Waals surface area contributed by atoms with Crippen LogP contribution >= 0.6 is 0 Å². The van der Waals surface area contributed by atoms with Gasteiger partial charge in [-0.15, -0.1) is 0 Å². The summed E-state index contributed by atoms with van der Waals surface area (Å²) in [4.78, 5) is 19.5. The van der Waals surface area contributed by atoms with E-state index in [0.717, 1.165) is 50.4 Å². The lowest BCUT2D eigenvalue weighted by molar-refractivity contribution is -0.126. The predicted octanol–water partition coefficient (Wildman–Crippen LogP) is 4.08. The fourth-order valence-corrected chi connectivity index (χ4v) is 4.30. The Morgan fingerprint density at radius 1 is 1.06 bits per heavy atom. The normalized spacial score (nSPS) is 16.9. The zero-order chi connectivity index (χ0) is 21.6. The number of piperidine rings is 1. The lowest BCUT2D eigenvalue weighted by Gasteiger charge is -2.32. The number of amides is 1. The number of hydrogen-bond donors (Lipinski definition) is 1. The number of aromatic nitrogens is 2. The van der Waals surface area contributed by atoms with E-state index in [4.69, 9.17) is 0 Å². The van der Waals surface area contributed by atoms with Gasteiger partial charge in [0.2, 0.25) is 5.91 Å². The van der Waals surface area contributed by atoms with Crippen LogP contribution in [0.3, 0.4) is 0 Å². The average molecular weight is 417 g/mol. The van der Waals surface area contributed by atoms with Crippen LogP contribution in [0.1, 0.15) is 40.9 Å². The van der Waals surface area contributed by atoms with E-state index < -0.39 is 0 Å². The second-order valence-corrected chi connectivity index (χ2v) is 8.70.